The molecule has 0 aromatic heterocycles. The number of carbonyl (C=O) groups is 5. The first-order valence-corrected chi connectivity index (χ1v) is 11.3. The van der Waals surface area contributed by atoms with E-state index in [1.165, 1.54) is 19.2 Å². The molecule has 0 heterocycles. The van der Waals surface area contributed by atoms with E-state index in [9.17, 15) is 24.0 Å². The van der Waals surface area contributed by atoms with Gasteiger partial charge in [-0.25, -0.2) is 0 Å². The number of Topliss-reactive ketones (excluding diaryl/α,β-unsaturated/α-hetero) is 1. The molecule has 3 rings (SSSR count). The Bertz CT molecular complexity index is 1220. The second-order valence-corrected chi connectivity index (χ2v) is 9.25. The lowest BCUT2D eigenvalue weighted by atomic mass is 9.80. The van der Waals surface area contributed by atoms with Gasteiger partial charge in [-0.3, -0.25) is 24.0 Å². The first-order valence-electron chi connectivity index (χ1n) is 11.3. The van der Waals surface area contributed by atoms with Gasteiger partial charge in [0.2, 0.25) is 5.78 Å². The van der Waals surface area contributed by atoms with Crippen LogP contribution in [0.15, 0.2) is 24.3 Å². The Labute approximate surface area is 203 Å². The average Bonchev–Trinajstić information content (AvgIpc) is 2.83. The number of ether oxygens (including phenoxy) is 3. The zero-order chi connectivity index (χ0) is 25.9. The van der Waals surface area contributed by atoms with E-state index in [1.54, 1.807) is 39.8 Å². The van der Waals surface area contributed by atoms with Crippen LogP contribution in [0, 0.1) is 5.41 Å². The minimum absolute atomic E-state index is 0.0301. The third-order valence-electron chi connectivity index (χ3n) is 5.83. The molecule has 8 nitrogen and oxygen atoms in total. The molecule has 0 N–H and O–H groups in total. The molecule has 0 radical (unpaired) electrons. The average molecular weight is 481 g/mol. The topological polar surface area (TPSA) is 113 Å². The fourth-order valence-corrected chi connectivity index (χ4v) is 3.88. The summed E-state index contributed by atoms with van der Waals surface area (Å²) in [5.41, 5.74) is 0.0178. The molecule has 184 valence electrons. The molecule has 0 amide bonds. The molecule has 1 aliphatic carbocycles. The predicted molar refractivity (Wildman–Crippen MR) is 126 cm³/mol. The quantitative estimate of drug-likeness (QED) is 0.256. The lowest BCUT2D eigenvalue weighted by Crippen LogP contribution is -2.29. The molecule has 0 saturated heterocycles. The van der Waals surface area contributed by atoms with Gasteiger partial charge in [0.05, 0.1) is 23.7 Å². The van der Waals surface area contributed by atoms with Gasteiger partial charge in [0, 0.05) is 29.5 Å². The van der Waals surface area contributed by atoms with Crippen LogP contribution in [0.1, 0.15) is 83.5 Å². The van der Waals surface area contributed by atoms with Crippen molar-refractivity contribution in [3.05, 3.63) is 57.6 Å². The van der Waals surface area contributed by atoms with Crippen LogP contribution in [0.5, 0.6) is 11.5 Å². The van der Waals surface area contributed by atoms with Crippen molar-refractivity contribution >= 4 is 29.8 Å². The molecule has 0 fully saturated rings. The Morgan fingerprint density at radius 1 is 1.03 bits per heavy atom. The first kappa shape index (κ1) is 25.8. The predicted octanol–water partition coefficient (Wildman–Crippen LogP) is 4.01. The summed E-state index contributed by atoms with van der Waals surface area (Å²) in [6, 6.07) is 6.18. The van der Waals surface area contributed by atoms with Crippen molar-refractivity contribution in [1.82, 2.24) is 0 Å². The van der Waals surface area contributed by atoms with E-state index in [4.69, 9.17) is 14.2 Å². The molecule has 0 unspecified atom stereocenters. The van der Waals surface area contributed by atoms with E-state index in [0.717, 1.165) is 0 Å². The zero-order valence-electron chi connectivity index (χ0n) is 20.5. The maximum atomic E-state index is 13.8. The summed E-state index contributed by atoms with van der Waals surface area (Å²) < 4.78 is 16.1. The van der Waals surface area contributed by atoms with Gasteiger partial charge in [-0.1, -0.05) is 19.1 Å². The van der Waals surface area contributed by atoms with Crippen molar-refractivity contribution in [1.29, 1.82) is 0 Å². The lowest BCUT2D eigenvalue weighted by molar-refractivity contribution is -0.143. The molecule has 2 aromatic rings. The first-order chi connectivity index (χ1) is 16.5. The Balaban J connectivity index is 2.34. The molecule has 35 heavy (non-hydrogen) atoms. The van der Waals surface area contributed by atoms with Gasteiger partial charge in [0.1, 0.15) is 23.9 Å². The summed E-state index contributed by atoms with van der Waals surface area (Å²) in [4.78, 5) is 63.3. The Morgan fingerprint density at radius 3 is 2.34 bits per heavy atom. The van der Waals surface area contributed by atoms with E-state index >= 15 is 0 Å². The maximum Gasteiger partial charge on any atom is 0.316 e. The van der Waals surface area contributed by atoms with Gasteiger partial charge >= 0.3 is 5.97 Å². The molecule has 8 heteroatoms. The lowest BCUT2D eigenvalue weighted by Gasteiger charge is -2.26. The second kappa shape index (κ2) is 10.2. The smallest absolute Gasteiger partial charge is 0.316 e. The number of hydrogen-bond donors (Lipinski definition) is 0. The second-order valence-electron chi connectivity index (χ2n) is 9.25. The fourth-order valence-electron chi connectivity index (χ4n) is 3.88. The molecule has 2 aromatic carbocycles. The summed E-state index contributed by atoms with van der Waals surface area (Å²) in [6.07, 6.45) is 0.556. The van der Waals surface area contributed by atoms with Gasteiger partial charge < -0.3 is 14.2 Å². The van der Waals surface area contributed by atoms with Crippen molar-refractivity contribution < 1.29 is 38.2 Å². The number of benzene rings is 2. The SMILES string of the molecule is CCC(=O)CCc1c(COC=O)cc2c(c1OC(=O)C(C)(C)C)C(=O)c1c(OC)cccc1C2=O. The Hall–Kier alpha value is -3.81. The van der Waals surface area contributed by atoms with E-state index in [1.807, 2.05) is 0 Å². The summed E-state index contributed by atoms with van der Waals surface area (Å²) in [7, 11) is 1.39. The standard InChI is InChI=1S/C27H28O8/c1-6-16(29)10-11-17-15(13-34-14-28)12-19-22(25(17)35-26(32)27(2,3)4)24(31)21-18(23(19)30)8-7-9-20(21)33-5/h7-9,12,14H,6,10-11,13H2,1-5H3. The normalized spacial score (nSPS) is 12.5. The van der Waals surface area contributed by atoms with Crippen molar-refractivity contribution in [3.63, 3.8) is 0 Å². The summed E-state index contributed by atoms with van der Waals surface area (Å²) in [6.45, 7) is 6.75. The fraction of sp³-hybridized carbons (Fsp3) is 0.370. The molecule has 0 atom stereocenters. The summed E-state index contributed by atoms with van der Waals surface area (Å²) in [5.74, 6) is -1.52. The molecule has 1 aliphatic rings. The zero-order valence-corrected chi connectivity index (χ0v) is 20.5. The third kappa shape index (κ3) is 5.01. The van der Waals surface area contributed by atoms with Gasteiger partial charge in [0.15, 0.2) is 5.78 Å². The minimum atomic E-state index is -0.921. The van der Waals surface area contributed by atoms with Gasteiger partial charge in [0.25, 0.3) is 6.47 Å². The number of methoxy groups -OCH3 is 1. The van der Waals surface area contributed by atoms with E-state index in [-0.39, 0.29) is 65.5 Å². The van der Waals surface area contributed by atoms with Crippen LogP contribution in [0.3, 0.4) is 0 Å². The van der Waals surface area contributed by atoms with E-state index in [0.29, 0.717) is 17.5 Å². The molecule has 0 bridgehead atoms. The van der Waals surface area contributed by atoms with Crippen LogP contribution >= 0.6 is 0 Å². The maximum absolute atomic E-state index is 13.8. The number of rotatable bonds is 9. The Kier molecular flexibility index (Phi) is 7.53. The molecular formula is C27H28O8. The highest BCUT2D eigenvalue weighted by molar-refractivity contribution is 6.30. The highest BCUT2D eigenvalue weighted by Crippen LogP contribution is 2.41. The van der Waals surface area contributed by atoms with E-state index < -0.39 is 23.0 Å². The van der Waals surface area contributed by atoms with Crippen molar-refractivity contribution in [2.24, 2.45) is 5.41 Å². The summed E-state index contributed by atoms with van der Waals surface area (Å²) >= 11 is 0. The minimum Gasteiger partial charge on any atom is -0.496 e. The monoisotopic (exact) mass is 480 g/mol. The van der Waals surface area contributed by atoms with Gasteiger partial charge in [-0.15, -0.1) is 0 Å². The summed E-state index contributed by atoms with van der Waals surface area (Å²) in [5, 5.41) is 0. The van der Waals surface area contributed by atoms with Crippen molar-refractivity contribution in [3.8, 4) is 11.5 Å². The number of hydrogen-bond acceptors (Lipinski definition) is 8. The van der Waals surface area contributed by atoms with Gasteiger partial charge in [-0.05, 0) is 44.9 Å². The van der Waals surface area contributed by atoms with E-state index in [2.05, 4.69) is 0 Å². The number of ketones is 3. The third-order valence-corrected chi connectivity index (χ3v) is 5.83. The molecule has 0 aliphatic heterocycles. The molecular weight excluding hydrogens is 452 g/mol. The highest BCUT2D eigenvalue weighted by Gasteiger charge is 2.38. The van der Waals surface area contributed by atoms with Crippen LogP contribution < -0.4 is 9.47 Å². The van der Waals surface area contributed by atoms with Crippen LogP contribution in [0.2, 0.25) is 0 Å². The largest absolute Gasteiger partial charge is 0.496 e. The highest BCUT2D eigenvalue weighted by atomic mass is 16.5. The van der Waals surface area contributed by atoms with Crippen molar-refractivity contribution in [2.75, 3.05) is 7.11 Å². The van der Waals surface area contributed by atoms with Crippen LogP contribution in [0.4, 0.5) is 0 Å². The number of esters is 1. The van der Waals surface area contributed by atoms with Crippen LogP contribution in [-0.4, -0.2) is 36.9 Å². The number of carbonyl (C=O) groups excluding carboxylic acids is 5. The van der Waals surface area contributed by atoms with Crippen LogP contribution in [0.25, 0.3) is 0 Å². The van der Waals surface area contributed by atoms with Gasteiger partial charge in [-0.2, -0.15) is 0 Å². The molecule has 0 spiro atoms. The van der Waals surface area contributed by atoms with Crippen LogP contribution in [-0.2, 0) is 32.1 Å². The van der Waals surface area contributed by atoms with Crippen molar-refractivity contribution in [2.45, 2.75) is 53.6 Å². The Morgan fingerprint density at radius 2 is 1.74 bits per heavy atom. The number of fused-ring (bicyclic) bond motifs is 2. The molecule has 0 saturated carbocycles.